The van der Waals surface area contributed by atoms with E-state index in [-0.39, 0.29) is 23.1 Å². The van der Waals surface area contributed by atoms with E-state index >= 15 is 0 Å². The quantitative estimate of drug-likeness (QED) is 0.604. The highest BCUT2D eigenvalue weighted by Crippen LogP contribution is 2.25. The van der Waals surface area contributed by atoms with Gasteiger partial charge in [-0.1, -0.05) is 17.3 Å². The maximum Gasteiger partial charge on any atom is 0.338 e. The zero-order valence-electron chi connectivity index (χ0n) is 14.7. The van der Waals surface area contributed by atoms with Gasteiger partial charge in [-0.2, -0.15) is 0 Å². The maximum atomic E-state index is 12.3. The first-order chi connectivity index (χ1) is 12.8. The van der Waals surface area contributed by atoms with Crippen LogP contribution in [0.25, 0.3) is 10.6 Å². The lowest BCUT2D eigenvalue weighted by Crippen LogP contribution is -2.30. The minimum atomic E-state index is -3.69. The Labute approximate surface area is 161 Å². The largest absolute Gasteiger partial charge is 0.455 e. The summed E-state index contributed by atoms with van der Waals surface area (Å²) in [5.41, 5.74) is 0.612. The first-order valence-corrected chi connectivity index (χ1v) is 10.5. The number of ether oxygens (including phenoxy) is 1. The van der Waals surface area contributed by atoms with E-state index in [0.717, 1.165) is 4.88 Å². The van der Waals surface area contributed by atoms with Gasteiger partial charge in [-0.15, -0.1) is 11.3 Å². The molecule has 0 bridgehead atoms. The van der Waals surface area contributed by atoms with Crippen LogP contribution in [0.4, 0.5) is 0 Å². The summed E-state index contributed by atoms with van der Waals surface area (Å²) in [4.78, 5) is 13.2. The van der Waals surface area contributed by atoms with E-state index in [1.165, 1.54) is 35.6 Å². The van der Waals surface area contributed by atoms with Crippen molar-refractivity contribution in [2.45, 2.75) is 31.4 Å². The van der Waals surface area contributed by atoms with Crippen LogP contribution in [0.2, 0.25) is 0 Å². The molecule has 0 radical (unpaired) electrons. The SMILES string of the molecule is CC(C)NS(=O)(=O)c1cccc(C(=O)OCc2cc(-c3cccs3)on2)c1. The molecule has 1 aromatic carbocycles. The van der Waals surface area contributed by atoms with Crippen molar-refractivity contribution in [3.63, 3.8) is 0 Å². The molecule has 0 fully saturated rings. The Morgan fingerprint density at radius 2 is 2.07 bits per heavy atom. The normalized spacial score (nSPS) is 11.7. The number of hydrogen-bond donors (Lipinski definition) is 1. The number of thiophene rings is 1. The average molecular weight is 406 g/mol. The zero-order valence-corrected chi connectivity index (χ0v) is 16.3. The highest BCUT2D eigenvalue weighted by Gasteiger charge is 2.18. The third-order valence-electron chi connectivity index (χ3n) is 3.45. The highest BCUT2D eigenvalue weighted by atomic mass is 32.2. The van der Waals surface area contributed by atoms with E-state index in [9.17, 15) is 13.2 Å². The van der Waals surface area contributed by atoms with Crippen LogP contribution in [-0.4, -0.2) is 25.6 Å². The van der Waals surface area contributed by atoms with Crippen molar-refractivity contribution in [1.29, 1.82) is 0 Å². The molecule has 7 nitrogen and oxygen atoms in total. The number of benzene rings is 1. The molecule has 9 heteroatoms. The van der Waals surface area contributed by atoms with Gasteiger partial charge in [0, 0.05) is 12.1 Å². The van der Waals surface area contributed by atoms with Crippen molar-refractivity contribution in [2.24, 2.45) is 0 Å². The van der Waals surface area contributed by atoms with Crippen LogP contribution < -0.4 is 4.72 Å². The Hall–Kier alpha value is -2.49. The van der Waals surface area contributed by atoms with E-state index in [2.05, 4.69) is 9.88 Å². The number of aromatic nitrogens is 1. The molecular weight excluding hydrogens is 388 g/mol. The first kappa shape index (κ1) is 19.3. The molecule has 2 heterocycles. The van der Waals surface area contributed by atoms with E-state index in [1.54, 1.807) is 19.9 Å². The van der Waals surface area contributed by atoms with E-state index in [0.29, 0.717) is 11.5 Å². The summed E-state index contributed by atoms with van der Waals surface area (Å²) >= 11 is 1.51. The fourth-order valence-corrected chi connectivity index (χ4v) is 4.28. The second-order valence-corrected chi connectivity index (χ2v) is 8.70. The first-order valence-electron chi connectivity index (χ1n) is 8.14. The number of nitrogens with zero attached hydrogens (tertiary/aromatic N) is 1. The summed E-state index contributed by atoms with van der Waals surface area (Å²) in [7, 11) is -3.69. The van der Waals surface area contributed by atoms with Gasteiger partial charge in [0.2, 0.25) is 10.0 Å². The Morgan fingerprint density at radius 3 is 2.78 bits per heavy atom. The molecule has 27 heavy (non-hydrogen) atoms. The smallest absolute Gasteiger partial charge is 0.338 e. The van der Waals surface area contributed by atoms with Crippen LogP contribution in [-0.2, 0) is 21.4 Å². The van der Waals surface area contributed by atoms with Gasteiger partial charge in [-0.3, -0.25) is 0 Å². The molecule has 1 N–H and O–H groups in total. The standard InChI is InChI=1S/C18H18N2O5S2/c1-12(2)20-27(22,23)15-6-3-5-13(9-15)18(21)24-11-14-10-16(25-19-14)17-7-4-8-26-17/h3-10,12,20H,11H2,1-2H3. The minimum Gasteiger partial charge on any atom is -0.455 e. The molecule has 0 unspecified atom stereocenters. The predicted octanol–water partition coefficient (Wildman–Crippen LogP) is 3.45. The molecule has 0 amide bonds. The van der Waals surface area contributed by atoms with Crippen LogP contribution in [0.3, 0.4) is 0 Å². The summed E-state index contributed by atoms with van der Waals surface area (Å²) in [5.74, 6) is -0.0406. The van der Waals surface area contributed by atoms with Gasteiger partial charge in [-0.05, 0) is 43.5 Å². The number of rotatable bonds is 7. The molecule has 2 aromatic heterocycles. The second kappa shape index (κ2) is 8.03. The average Bonchev–Trinajstić information content (AvgIpc) is 3.30. The Bertz CT molecular complexity index is 1020. The Morgan fingerprint density at radius 1 is 1.26 bits per heavy atom. The molecule has 0 aliphatic carbocycles. The van der Waals surface area contributed by atoms with E-state index in [4.69, 9.17) is 9.26 Å². The summed E-state index contributed by atoms with van der Waals surface area (Å²) in [5, 5.41) is 5.80. The fourth-order valence-electron chi connectivity index (χ4n) is 2.31. The van der Waals surface area contributed by atoms with Gasteiger partial charge in [0.1, 0.15) is 12.3 Å². The third-order valence-corrected chi connectivity index (χ3v) is 5.99. The van der Waals surface area contributed by atoms with Gasteiger partial charge in [0.25, 0.3) is 0 Å². The molecule has 0 saturated carbocycles. The van der Waals surface area contributed by atoms with Crippen LogP contribution in [0.5, 0.6) is 0 Å². The number of nitrogens with one attached hydrogen (secondary N) is 1. The van der Waals surface area contributed by atoms with Crippen molar-refractivity contribution in [1.82, 2.24) is 9.88 Å². The maximum absolute atomic E-state index is 12.3. The van der Waals surface area contributed by atoms with Gasteiger partial charge < -0.3 is 9.26 Å². The zero-order chi connectivity index (χ0) is 19.4. The van der Waals surface area contributed by atoms with Crippen molar-refractivity contribution >= 4 is 27.3 Å². The summed E-state index contributed by atoms with van der Waals surface area (Å²) in [6, 6.07) is 10.9. The van der Waals surface area contributed by atoms with Gasteiger partial charge in [0.15, 0.2) is 5.76 Å². The van der Waals surface area contributed by atoms with Crippen molar-refractivity contribution in [3.05, 3.63) is 59.1 Å². The summed E-state index contributed by atoms with van der Waals surface area (Å²) in [6.07, 6.45) is 0. The van der Waals surface area contributed by atoms with Crippen molar-refractivity contribution < 1.29 is 22.5 Å². The molecule has 0 atom stereocenters. The van der Waals surface area contributed by atoms with Crippen LogP contribution in [0.1, 0.15) is 29.9 Å². The Balaban J connectivity index is 1.67. The summed E-state index contributed by atoms with van der Waals surface area (Å²) in [6.45, 7) is 3.37. The molecular formula is C18H18N2O5S2. The monoisotopic (exact) mass is 406 g/mol. The number of carbonyl (C=O) groups excluding carboxylic acids is 1. The third kappa shape index (κ3) is 4.82. The van der Waals surface area contributed by atoms with Gasteiger partial charge >= 0.3 is 5.97 Å². The molecule has 3 rings (SSSR count). The van der Waals surface area contributed by atoms with Gasteiger partial charge in [-0.25, -0.2) is 17.9 Å². The predicted molar refractivity (Wildman–Crippen MR) is 101 cm³/mol. The highest BCUT2D eigenvalue weighted by molar-refractivity contribution is 7.89. The van der Waals surface area contributed by atoms with E-state index < -0.39 is 16.0 Å². The second-order valence-electron chi connectivity index (χ2n) is 6.04. The molecule has 0 spiro atoms. The lowest BCUT2D eigenvalue weighted by molar-refractivity contribution is 0.0464. The van der Waals surface area contributed by atoms with Crippen molar-refractivity contribution in [3.8, 4) is 10.6 Å². The summed E-state index contributed by atoms with van der Waals surface area (Å²) < 4.78 is 37.4. The number of esters is 1. The van der Waals surface area contributed by atoms with Crippen LogP contribution in [0, 0.1) is 0 Å². The molecule has 0 aliphatic heterocycles. The number of hydrogen-bond acceptors (Lipinski definition) is 7. The molecule has 142 valence electrons. The lowest BCUT2D eigenvalue weighted by Gasteiger charge is -2.10. The van der Waals surface area contributed by atoms with Gasteiger partial charge in [0.05, 0.1) is 15.3 Å². The Kier molecular flexibility index (Phi) is 5.73. The topological polar surface area (TPSA) is 98.5 Å². The van der Waals surface area contributed by atoms with Crippen LogP contribution >= 0.6 is 11.3 Å². The molecule has 0 saturated heterocycles. The number of sulfonamides is 1. The molecule has 0 aliphatic rings. The van der Waals surface area contributed by atoms with Crippen molar-refractivity contribution in [2.75, 3.05) is 0 Å². The molecule has 3 aromatic rings. The van der Waals surface area contributed by atoms with Crippen LogP contribution in [0.15, 0.2) is 57.3 Å². The lowest BCUT2D eigenvalue weighted by atomic mass is 10.2. The van der Waals surface area contributed by atoms with E-state index in [1.807, 2.05) is 17.5 Å². The number of carbonyl (C=O) groups is 1. The minimum absolute atomic E-state index is 0.00654. The fraction of sp³-hybridized carbons (Fsp3) is 0.222.